The molecule has 5 nitrogen and oxygen atoms in total. The highest BCUT2D eigenvalue weighted by Gasteiger charge is 2.30. The molecular weight excluding hydrogens is 277 g/mol. The Labute approximate surface area is 110 Å². The first-order valence-electron chi connectivity index (χ1n) is 5.43. The Morgan fingerprint density at radius 2 is 1.80 bits per heavy atom. The van der Waals surface area contributed by atoms with Crippen LogP contribution in [0.2, 0.25) is 0 Å². The van der Waals surface area contributed by atoms with Gasteiger partial charge in [-0.15, -0.1) is 0 Å². The maximum absolute atomic E-state index is 12.4. The van der Waals surface area contributed by atoms with Crippen LogP contribution in [-0.4, -0.2) is 20.0 Å². The van der Waals surface area contributed by atoms with E-state index in [1.54, 1.807) is 0 Å². The van der Waals surface area contributed by atoms with Crippen molar-refractivity contribution in [2.24, 2.45) is 0 Å². The zero-order chi connectivity index (χ0) is 14.9. The summed E-state index contributed by atoms with van der Waals surface area (Å²) in [6, 6.07) is 4.62. The minimum atomic E-state index is -4.47. The largest absolute Gasteiger partial charge is 0.506 e. The second-order valence-electron chi connectivity index (χ2n) is 3.93. The number of hydrogen-bond acceptors (Lipinski definition) is 4. The van der Waals surface area contributed by atoms with Gasteiger partial charge in [0.15, 0.2) is 0 Å². The van der Waals surface area contributed by atoms with E-state index in [-0.39, 0.29) is 11.4 Å². The van der Waals surface area contributed by atoms with Crippen molar-refractivity contribution in [3.05, 3.63) is 51.9 Å². The molecule has 0 amide bonds. The fourth-order valence-corrected chi connectivity index (χ4v) is 1.57. The SMILES string of the molecule is O=c1cc(O)c(CO)nn1-c1ccc(C(F)(F)F)cc1. The summed E-state index contributed by atoms with van der Waals surface area (Å²) in [5.74, 6) is -0.472. The Morgan fingerprint density at radius 1 is 1.20 bits per heavy atom. The third kappa shape index (κ3) is 2.64. The Morgan fingerprint density at radius 3 is 2.30 bits per heavy atom. The van der Waals surface area contributed by atoms with Crippen molar-refractivity contribution in [3.8, 4) is 11.4 Å². The Balaban J connectivity index is 2.49. The van der Waals surface area contributed by atoms with Gasteiger partial charge in [0.25, 0.3) is 5.56 Å². The quantitative estimate of drug-likeness (QED) is 0.876. The maximum atomic E-state index is 12.4. The topological polar surface area (TPSA) is 75.3 Å². The summed E-state index contributed by atoms with van der Waals surface area (Å²) in [7, 11) is 0. The molecule has 0 saturated heterocycles. The van der Waals surface area contributed by atoms with Gasteiger partial charge in [0.1, 0.15) is 11.4 Å². The fraction of sp³-hybridized carbons (Fsp3) is 0.167. The monoisotopic (exact) mass is 286 g/mol. The van der Waals surface area contributed by atoms with E-state index >= 15 is 0 Å². The average Bonchev–Trinajstić information content (AvgIpc) is 2.38. The molecule has 2 N–H and O–H groups in total. The van der Waals surface area contributed by atoms with E-state index in [9.17, 15) is 23.1 Å². The zero-order valence-corrected chi connectivity index (χ0v) is 9.92. The molecule has 0 unspecified atom stereocenters. The Hall–Kier alpha value is -2.35. The molecule has 1 heterocycles. The highest BCUT2D eigenvalue weighted by atomic mass is 19.4. The first-order chi connectivity index (χ1) is 9.32. The van der Waals surface area contributed by atoms with Gasteiger partial charge in [-0.3, -0.25) is 4.79 Å². The van der Waals surface area contributed by atoms with Crippen molar-refractivity contribution in [2.45, 2.75) is 12.8 Å². The molecule has 0 fully saturated rings. The molecule has 2 aromatic rings. The lowest BCUT2D eigenvalue weighted by Gasteiger charge is -2.09. The molecule has 0 atom stereocenters. The van der Waals surface area contributed by atoms with Crippen LogP contribution in [0.15, 0.2) is 35.1 Å². The van der Waals surface area contributed by atoms with Gasteiger partial charge in [0.2, 0.25) is 0 Å². The highest BCUT2D eigenvalue weighted by Crippen LogP contribution is 2.29. The molecule has 20 heavy (non-hydrogen) atoms. The summed E-state index contributed by atoms with van der Waals surface area (Å²) in [5, 5.41) is 21.9. The van der Waals surface area contributed by atoms with Crippen molar-refractivity contribution in [1.82, 2.24) is 9.78 Å². The minimum absolute atomic E-state index is 0.0951. The third-order valence-corrected chi connectivity index (χ3v) is 2.57. The van der Waals surface area contributed by atoms with Crippen molar-refractivity contribution in [1.29, 1.82) is 0 Å². The number of hydrogen-bond donors (Lipinski definition) is 2. The Bertz CT molecular complexity index is 678. The van der Waals surface area contributed by atoms with Gasteiger partial charge in [0, 0.05) is 6.07 Å². The maximum Gasteiger partial charge on any atom is 0.416 e. The van der Waals surface area contributed by atoms with E-state index in [0.29, 0.717) is 0 Å². The summed E-state index contributed by atoms with van der Waals surface area (Å²) in [6.45, 7) is -0.604. The van der Waals surface area contributed by atoms with Crippen LogP contribution in [0.25, 0.3) is 5.69 Å². The van der Waals surface area contributed by atoms with E-state index in [4.69, 9.17) is 5.11 Å². The molecule has 0 aliphatic rings. The number of alkyl halides is 3. The number of nitrogens with zero attached hydrogens (tertiary/aromatic N) is 2. The minimum Gasteiger partial charge on any atom is -0.506 e. The molecule has 0 aliphatic carbocycles. The van der Waals surface area contributed by atoms with Gasteiger partial charge in [-0.25, -0.2) is 0 Å². The molecule has 2 rings (SSSR count). The Kier molecular flexibility index (Phi) is 3.49. The van der Waals surface area contributed by atoms with Gasteiger partial charge >= 0.3 is 6.18 Å². The number of aromatic nitrogens is 2. The smallest absolute Gasteiger partial charge is 0.416 e. The second kappa shape index (κ2) is 4.97. The van der Waals surface area contributed by atoms with Crippen LogP contribution >= 0.6 is 0 Å². The van der Waals surface area contributed by atoms with Crippen molar-refractivity contribution in [3.63, 3.8) is 0 Å². The summed E-state index contributed by atoms with van der Waals surface area (Å²) >= 11 is 0. The number of halogens is 3. The van der Waals surface area contributed by atoms with Gasteiger partial charge < -0.3 is 10.2 Å². The van der Waals surface area contributed by atoms with Crippen LogP contribution in [0.4, 0.5) is 13.2 Å². The lowest BCUT2D eigenvalue weighted by Crippen LogP contribution is -2.21. The molecule has 0 saturated carbocycles. The van der Waals surface area contributed by atoms with Gasteiger partial charge in [0.05, 0.1) is 17.9 Å². The molecule has 0 spiro atoms. The first kappa shape index (κ1) is 14.1. The fourth-order valence-electron chi connectivity index (χ4n) is 1.57. The molecular formula is C12H9F3N2O3. The average molecular weight is 286 g/mol. The predicted octanol–water partition coefficient (Wildman–Crippen LogP) is 1.45. The van der Waals surface area contributed by atoms with Gasteiger partial charge in [-0.2, -0.15) is 23.0 Å². The van der Waals surface area contributed by atoms with Crippen molar-refractivity contribution in [2.75, 3.05) is 0 Å². The van der Waals surface area contributed by atoms with Crippen LogP contribution in [-0.2, 0) is 12.8 Å². The number of aliphatic hydroxyl groups excluding tert-OH is 1. The molecule has 1 aromatic carbocycles. The van der Waals surface area contributed by atoms with Crippen LogP contribution < -0.4 is 5.56 Å². The van der Waals surface area contributed by atoms with Crippen LogP contribution in [0, 0.1) is 0 Å². The van der Waals surface area contributed by atoms with E-state index in [1.165, 1.54) is 0 Å². The molecule has 8 heteroatoms. The summed E-state index contributed by atoms with van der Waals surface area (Å²) in [5.41, 5.74) is -1.63. The van der Waals surface area contributed by atoms with Gasteiger partial charge in [-0.1, -0.05) is 0 Å². The molecule has 1 aromatic heterocycles. The normalized spacial score (nSPS) is 11.6. The number of aromatic hydroxyl groups is 1. The van der Waals surface area contributed by atoms with Crippen LogP contribution in [0.3, 0.4) is 0 Å². The van der Waals surface area contributed by atoms with E-state index in [0.717, 1.165) is 35.0 Å². The van der Waals surface area contributed by atoms with Crippen molar-refractivity contribution >= 4 is 0 Å². The zero-order valence-electron chi connectivity index (χ0n) is 9.92. The standard InChI is InChI=1S/C12H9F3N2O3/c13-12(14,15)7-1-3-8(4-2-7)17-11(20)5-10(19)9(6-18)16-17/h1-5,18-19H,6H2. The number of benzene rings is 1. The van der Waals surface area contributed by atoms with E-state index in [1.807, 2.05) is 0 Å². The predicted molar refractivity (Wildman–Crippen MR) is 62.4 cm³/mol. The van der Waals surface area contributed by atoms with Crippen LogP contribution in [0.1, 0.15) is 11.3 Å². The first-order valence-corrected chi connectivity index (χ1v) is 5.43. The van der Waals surface area contributed by atoms with E-state index in [2.05, 4.69) is 5.10 Å². The third-order valence-electron chi connectivity index (χ3n) is 2.57. The van der Waals surface area contributed by atoms with E-state index < -0.39 is 29.7 Å². The molecule has 106 valence electrons. The van der Waals surface area contributed by atoms with Crippen molar-refractivity contribution < 1.29 is 23.4 Å². The summed E-state index contributed by atoms with van der Waals surface area (Å²) < 4.78 is 38.1. The summed E-state index contributed by atoms with van der Waals surface area (Å²) in [6.07, 6.45) is -4.47. The van der Waals surface area contributed by atoms with Crippen LogP contribution in [0.5, 0.6) is 5.75 Å². The number of rotatable bonds is 2. The highest BCUT2D eigenvalue weighted by molar-refractivity contribution is 5.36. The van der Waals surface area contributed by atoms with Gasteiger partial charge in [-0.05, 0) is 24.3 Å². The molecule has 0 aliphatic heterocycles. The lowest BCUT2D eigenvalue weighted by molar-refractivity contribution is -0.137. The number of aliphatic hydroxyl groups is 1. The molecule has 0 bridgehead atoms. The lowest BCUT2D eigenvalue weighted by atomic mass is 10.2. The molecule has 0 radical (unpaired) electrons. The second-order valence-corrected chi connectivity index (χ2v) is 3.93. The summed E-state index contributed by atoms with van der Waals surface area (Å²) in [4.78, 5) is 11.6.